The third kappa shape index (κ3) is 5.70. The number of alkyl halides is 3. The highest BCUT2D eigenvalue weighted by Crippen LogP contribution is 2.31. The van der Waals surface area contributed by atoms with Gasteiger partial charge in [-0.25, -0.2) is 15.0 Å². The van der Waals surface area contributed by atoms with Crippen LogP contribution in [0, 0.1) is 0 Å². The van der Waals surface area contributed by atoms with Crippen molar-refractivity contribution in [3.63, 3.8) is 0 Å². The van der Waals surface area contributed by atoms with Gasteiger partial charge in [-0.15, -0.1) is 0 Å². The van der Waals surface area contributed by atoms with Gasteiger partial charge in [0, 0.05) is 31.9 Å². The molecule has 1 atom stereocenters. The minimum absolute atomic E-state index is 0.0384. The molecule has 4 rings (SSSR count). The summed E-state index contributed by atoms with van der Waals surface area (Å²) in [4.78, 5) is 19.9. The van der Waals surface area contributed by atoms with Gasteiger partial charge < -0.3 is 20.3 Å². The molecule has 1 aliphatic rings. The summed E-state index contributed by atoms with van der Waals surface area (Å²) in [5.74, 6) is 1.60. The molecule has 3 aromatic rings. The number of aromatic nitrogens is 6. The van der Waals surface area contributed by atoms with Crippen LogP contribution in [0.1, 0.15) is 32.4 Å². The molecule has 0 saturated carbocycles. The maximum absolute atomic E-state index is 12.5. The molecule has 2 N–H and O–H groups in total. The summed E-state index contributed by atoms with van der Waals surface area (Å²) >= 11 is 0. The van der Waals surface area contributed by atoms with Crippen LogP contribution in [0.4, 0.5) is 30.8 Å². The Hall–Kier alpha value is -3.06. The molecule has 0 bridgehead atoms. The number of ether oxygens (including phenoxy) is 1. The minimum Gasteiger partial charge on any atom is -0.370 e. The second-order valence-corrected chi connectivity index (χ2v) is 8.52. The van der Waals surface area contributed by atoms with Gasteiger partial charge >= 0.3 is 6.18 Å². The molecule has 0 unspecified atom stereocenters. The molecular formula is C21H28F3N9O. The van der Waals surface area contributed by atoms with Gasteiger partial charge in [-0.05, 0) is 18.9 Å². The van der Waals surface area contributed by atoms with Crippen LogP contribution in [0.3, 0.4) is 0 Å². The SMILES string of the molecule is CC(C)c1nn(CCOCC(F)(F)F)c2c(Nc3ccncn3)nc(N3CCN[C@@H](C)C3)nc12. The molecule has 0 radical (unpaired) electrons. The van der Waals surface area contributed by atoms with E-state index < -0.39 is 12.8 Å². The summed E-state index contributed by atoms with van der Waals surface area (Å²) in [6.45, 7) is 7.05. The van der Waals surface area contributed by atoms with E-state index in [-0.39, 0.29) is 25.1 Å². The van der Waals surface area contributed by atoms with Crippen LogP contribution in [-0.4, -0.2) is 74.8 Å². The van der Waals surface area contributed by atoms with Crippen LogP contribution in [0.15, 0.2) is 18.6 Å². The molecule has 1 fully saturated rings. The summed E-state index contributed by atoms with van der Waals surface area (Å²) < 4.78 is 43.9. The smallest absolute Gasteiger partial charge is 0.370 e. The van der Waals surface area contributed by atoms with Crippen LogP contribution in [0.25, 0.3) is 11.0 Å². The van der Waals surface area contributed by atoms with Crippen molar-refractivity contribution in [3.8, 4) is 0 Å². The van der Waals surface area contributed by atoms with Gasteiger partial charge in [0.1, 0.15) is 29.8 Å². The molecule has 0 spiro atoms. The van der Waals surface area contributed by atoms with Gasteiger partial charge in [0.15, 0.2) is 5.82 Å². The van der Waals surface area contributed by atoms with E-state index in [0.717, 1.165) is 25.3 Å². The minimum atomic E-state index is -4.38. The van der Waals surface area contributed by atoms with Gasteiger partial charge in [0.25, 0.3) is 0 Å². The largest absolute Gasteiger partial charge is 0.411 e. The third-order valence-corrected chi connectivity index (χ3v) is 5.34. The Morgan fingerprint density at radius 2 is 2.12 bits per heavy atom. The van der Waals surface area contributed by atoms with Crippen molar-refractivity contribution < 1.29 is 17.9 Å². The van der Waals surface area contributed by atoms with Crippen molar-refractivity contribution in [1.29, 1.82) is 0 Å². The molecule has 34 heavy (non-hydrogen) atoms. The van der Waals surface area contributed by atoms with Crippen LogP contribution in [0.5, 0.6) is 0 Å². The molecule has 10 nitrogen and oxygen atoms in total. The van der Waals surface area contributed by atoms with Gasteiger partial charge in [-0.3, -0.25) is 4.68 Å². The Balaban J connectivity index is 1.76. The van der Waals surface area contributed by atoms with E-state index in [1.807, 2.05) is 13.8 Å². The maximum atomic E-state index is 12.5. The molecular weight excluding hydrogens is 451 g/mol. The second-order valence-electron chi connectivity index (χ2n) is 8.52. The van der Waals surface area contributed by atoms with Crippen molar-refractivity contribution in [2.24, 2.45) is 0 Å². The zero-order valence-electron chi connectivity index (χ0n) is 19.3. The van der Waals surface area contributed by atoms with Crippen molar-refractivity contribution >= 4 is 28.6 Å². The first-order valence-electron chi connectivity index (χ1n) is 11.2. The number of hydrogen-bond donors (Lipinski definition) is 2. The van der Waals surface area contributed by atoms with E-state index in [1.165, 1.54) is 6.33 Å². The number of hydrogen-bond acceptors (Lipinski definition) is 9. The van der Waals surface area contributed by atoms with Gasteiger partial charge in [0.05, 0.1) is 18.8 Å². The molecule has 0 amide bonds. The topological polar surface area (TPSA) is 106 Å². The fourth-order valence-electron chi connectivity index (χ4n) is 3.81. The first-order valence-corrected chi connectivity index (χ1v) is 11.2. The first kappa shape index (κ1) is 24.1. The average molecular weight is 480 g/mol. The van der Waals surface area contributed by atoms with Crippen LogP contribution >= 0.6 is 0 Å². The average Bonchev–Trinajstić information content (AvgIpc) is 3.16. The lowest BCUT2D eigenvalue weighted by atomic mass is 10.1. The van der Waals surface area contributed by atoms with E-state index in [9.17, 15) is 13.2 Å². The summed E-state index contributed by atoms with van der Waals surface area (Å²) in [6, 6.07) is 1.99. The Bertz CT molecular complexity index is 1100. The Kier molecular flexibility index (Phi) is 7.12. The van der Waals surface area contributed by atoms with Crippen molar-refractivity contribution in [3.05, 3.63) is 24.3 Å². The molecule has 4 heterocycles. The molecule has 13 heteroatoms. The molecule has 3 aromatic heterocycles. The van der Waals surface area contributed by atoms with Crippen molar-refractivity contribution in [2.45, 2.75) is 45.5 Å². The van der Waals surface area contributed by atoms with Gasteiger partial charge in [-0.1, -0.05) is 13.8 Å². The zero-order valence-corrected chi connectivity index (χ0v) is 19.3. The molecule has 1 saturated heterocycles. The van der Waals surface area contributed by atoms with E-state index in [1.54, 1.807) is 16.9 Å². The zero-order chi connectivity index (χ0) is 24.3. The highest BCUT2D eigenvalue weighted by Gasteiger charge is 2.28. The second kappa shape index (κ2) is 10.1. The number of halogens is 3. The Labute approximate surface area is 194 Å². The maximum Gasteiger partial charge on any atom is 0.411 e. The lowest BCUT2D eigenvalue weighted by Gasteiger charge is -2.32. The number of anilines is 3. The van der Waals surface area contributed by atoms with Crippen LogP contribution < -0.4 is 15.5 Å². The van der Waals surface area contributed by atoms with Gasteiger partial charge in [0.2, 0.25) is 5.95 Å². The quantitative estimate of drug-likeness (QED) is 0.472. The molecule has 0 aliphatic carbocycles. The van der Waals surface area contributed by atoms with E-state index in [0.29, 0.717) is 28.6 Å². The summed E-state index contributed by atoms with van der Waals surface area (Å²) in [5, 5.41) is 11.3. The fraction of sp³-hybridized carbons (Fsp3) is 0.571. The monoisotopic (exact) mass is 479 g/mol. The number of fused-ring (bicyclic) bond motifs is 1. The Morgan fingerprint density at radius 1 is 1.29 bits per heavy atom. The number of nitrogens with zero attached hydrogens (tertiary/aromatic N) is 7. The predicted octanol–water partition coefficient (Wildman–Crippen LogP) is 2.86. The van der Waals surface area contributed by atoms with Crippen LogP contribution in [-0.2, 0) is 11.3 Å². The summed E-state index contributed by atoms with van der Waals surface area (Å²) in [5.41, 5.74) is 1.98. The van der Waals surface area contributed by atoms with E-state index in [2.05, 4.69) is 37.5 Å². The normalized spacial score (nSPS) is 17.0. The highest BCUT2D eigenvalue weighted by molar-refractivity contribution is 5.90. The lowest BCUT2D eigenvalue weighted by molar-refractivity contribution is -0.174. The molecule has 0 aromatic carbocycles. The van der Waals surface area contributed by atoms with E-state index in [4.69, 9.17) is 14.7 Å². The first-order chi connectivity index (χ1) is 16.2. The van der Waals surface area contributed by atoms with Gasteiger partial charge in [-0.2, -0.15) is 23.3 Å². The highest BCUT2D eigenvalue weighted by atomic mass is 19.4. The molecule has 1 aliphatic heterocycles. The van der Waals surface area contributed by atoms with Crippen LogP contribution in [0.2, 0.25) is 0 Å². The summed E-state index contributed by atoms with van der Waals surface area (Å²) in [6.07, 6.45) is -1.36. The lowest BCUT2D eigenvalue weighted by Crippen LogP contribution is -2.49. The van der Waals surface area contributed by atoms with E-state index >= 15 is 0 Å². The van der Waals surface area contributed by atoms with Crippen molar-refractivity contribution in [2.75, 3.05) is 43.1 Å². The fourth-order valence-corrected chi connectivity index (χ4v) is 3.81. The number of nitrogens with one attached hydrogen (secondary N) is 2. The Morgan fingerprint density at radius 3 is 2.79 bits per heavy atom. The summed E-state index contributed by atoms with van der Waals surface area (Å²) in [7, 11) is 0. The molecule has 184 valence electrons. The number of piperazine rings is 1. The van der Waals surface area contributed by atoms with Crippen molar-refractivity contribution in [1.82, 2.24) is 35.0 Å². The number of rotatable bonds is 8. The standard InChI is InChI=1S/C21H28F3N9O/c1-13(2)16-17-18(33(31-16)8-9-34-11-21(22,23)24)19(28-15-4-5-25-12-27-15)30-20(29-17)32-7-6-26-14(3)10-32/h4-5,12-14,26H,6-11H2,1-3H3,(H,25,27,28,29,30)/t14-/m0/s1. The predicted molar refractivity (Wildman–Crippen MR) is 121 cm³/mol. The third-order valence-electron chi connectivity index (χ3n) is 5.34.